The third-order valence-corrected chi connectivity index (χ3v) is 5.24. The molecule has 1 N–H and O–H groups in total. The number of nitrogens with zero attached hydrogens (tertiary/aromatic N) is 2. The van der Waals surface area contributed by atoms with Gasteiger partial charge in [0.1, 0.15) is 11.5 Å². The molecule has 4 rings (SSSR count). The van der Waals surface area contributed by atoms with Gasteiger partial charge < -0.3 is 9.84 Å². The molecule has 0 radical (unpaired) electrons. The standard InChI is InChI=1S/C24H18N2O6/c1-32-19-12-10-17(11-13-19)25-21(16-8-5-9-18(14-16)26(30)31)20(23(28)24(25)29)22(27)15-6-3-2-4-7-15/h2-14,21,27H,1H3/b22-20+/t21-/m0/s1. The van der Waals surface area contributed by atoms with E-state index in [1.807, 2.05) is 0 Å². The Kier molecular flexibility index (Phi) is 5.43. The molecule has 1 saturated heterocycles. The average molecular weight is 430 g/mol. The number of hydrogen-bond donors (Lipinski definition) is 1. The number of non-ortho nitro benzene ring substituents is 1. The summed E-state index contributed by atoms with van der Waals surface area (Å²) in [5.41, 5.74) is 0.735. The number of aliphatic hydroxyl groups is 1. The number of rotatable bonds is 5. The Morgan fingerprint density at radius 3 is 2.31 bits per heavy atom. The molecule has 1 atom stereocenters. The molecule has 8 heteroatoms. The molecule has 1 fully saturated rings. The lowest BCUT2D eigenvalue weighted by Crippen LogP contribution is -2.29. The fourth-order valence-electron chi connectivity index (χ4n) is 3.72. The molecule has 1 aliphatic heterocycles. The number of nitro groups is 1. The van der Waals surface area contributed by atoms with Crippen LogP contribution in [-0.4, -0.2) is 28.8 Å². The van der Waals surface area contributed by atoms with Gasteiger partial charge >= 0.3 is 0 Å². The summed E-state index contributed by atoms with van der Waals surface area (Å²) in [5, 5.41) is 22.3. The van der Waals surface area contributed by atoms with Crippen molar-refractivity contribution in [3.63, 3.8) is 0 Å². The van der Waals surface area contributed by atoms with Crippen LogP contribution in [-0.2, 0) is 9.59 Å². The largest absolute Gasteiger partial charge is 0.507 e. The van der Waals surface area contributed by atoms with Crippen LogP contribution < -0.4 is 9.64 Å². The van der Waals surface area contributed by atoms with E-state index in [1.165, 1.54) is 30.2 Å². The number of carbonyl (C=O) groups is 2. The van der Waals surface area contributed by atoms with Gasteiger partial charge in [0.25, 0.3) is 17.4 Å². The van der Waals surface area contributed by atoms with Crippen molar-refractivity contribution in [1.29, 1.82) is 0 Å². The van der Waals surface area contributed by atoms with Gasteiger partial charge in [0, 0.05) is 23.4 Å². The molecule has 1 aliphatic rings. The van der Waals surface area contributed by atoms with E-state index in [1.54, 1.807) is 60.7 Å². The van der Waals surface area contributed by atoms with Crippen LogP contribution in [0.3, 0.4) is 0 Å². The van der Waals surface area contributed by atoms with Gasteiger partial charge in [-0.05, 0) is 29.8 Å². The smallest absolute Gasteiger partial charge is 0.300 e. The molecule has 1 heterocycles. The number of methoxy groups -OCH3 is 1. The van der Waals surface area contributed by atoms with Crippen molar-refractivity contribution in [2.75, 3.05) is 12.0 Å². The fraction of sp³-hybridized carbons (Fsp3) is 0.0833. The van der Waals surface area contributed by atoms with E-state index in [0.717, 1.165) is 0 Å². The molecule has 0 aromatic heterocycles. The molecule has 0 saturated carbocycles. The van der Waals surface area contributed by atoms with Crippen LogP contribution in [0.1, 0.15) is 17.2 Å². The molecule has 32 heavy (non-hydrogen) atoms. The first-order valence-electron chi connectivity index (χ1n) is 9.67. The van der Waals surface area contributed by atoms with Crippen molar-refractivity contribution in [3.8, 4) is 5.75 Å². The number of aliphatic hydroxyl groups excluding tert-OH is 1. The Morgan fingerprint density at radius 2 is 1.69 bits per heavy atom. The highest BCUT2D eigenvalue weighted by atomic mass is 16.6. The van der Waals surface area contributed by atoms with Gasteiger partial charge in [-0.25, -0.2) is 0 Å². The predicted octanol–water partition coefficient (Wildman–Crippen LogP) is 4.23. The van der Waals surface area contributed by atoms with Crippen molar-refractivity contribution in [2.24, 2.45) is 0 Å². The maximum atomic E-state index is 13.1. The van der Waals surface area contributed by atoms with Crippen LogP contribution in [0, 0.1) is 10.1 Å². The highest BCUT2D eigenvalue weighted by Gasteiger charge is 2.47. The zero-order chi connectivity index (χ0) is 22.8. The number of nitro benzene ring substituents is 1. The van der Waals surface area contributed by atoms with Crippen LogP contribution in [0.2, 0.25) is 0 Å². The number of ketones is 1. The van der Waals surface area contributed by atoms with Gasteiger partial charge in [-0.2, -0.15) is 0 Å². The number of carbonyl (C=O) groups excluding carboxylic acids is 2. The second kappa shape index (κ2) is 8.35. The van der Waals surface area contributed by atoms with E-state index in [2.05, 4.69) is 0 Å². The summed E-state index contributed by atoms with van der Waals surface area (Å²) in [6, 6.07) is 19.5. The predicted molar refractivity (Wildman–Crippen MR) is 117 cm³/mol. The minimum Gasteiger partial charge on any atom is -0.507 e. The van der Waals surface area contributed by atoms with Crippen molar-refractivity contribution >= 4 is 28.8 Å². The monoisotopic (exact) mass is 430 g/mol. The van der Waals surface area contributed by atoms with Crippen LogP contribution in [0.15, 0.2) is 84.4 Å². The number of Topliss-reactive ketones (excluding diaryl/α,β-unsaturated/α-hetero) is 1. The summed E-state index contributed by atoms with van der Waals surface area (Å²) in [7, 11) is 1.50. The van der Waals surface area contributed by atoms with Crippen LogP contribution in [0.25, 0.3) is 5.76 Å². The van der Waals surface area contributed by atoms with Crippen LogP contribution in [0.4, 0.5) is 11.4 Å². The summed E-state index contributed by atoms with van der Waals surface area (Å²) in [5.74, 6) is -1.51. The average Bonchev–Trinajstić information content (AvgIpc) is 3.09. The summed E-state index contributed by atoms with van der Waals surface area (Å²) in [6.45, 7) is 0. The highest BCUT2D eigenvalue weighted by molar-refractivity contribution is 6.51. The van der Waals surface area contributed by atoms with Crippen molar-refractivity contribution < 1.29 is 24.4 Å². The zero-order valence-electron chi connectivity index (χ0n) is 17.0. The Balaban J connectivity index is 1.95. The summed E-state index contributed by atoms with van der Waals surface area (Å²) in [4.78, 5) is 38.2. The number of amides is 1. The van der Waals surface area contributed by atoms with Gasteiger partial charge in [-0.1, -0.05) is 42.5 Å². The van der Waals surface area contributed by atoms with Gasteiger partial charge in [-0.3, -0.25) is 24.6 Å². The lowest BCUT2D eigenvalue weighted by atomic mass is 9.95. The fourth-order valence-corrected chi connectivity index (χ4v) is 3.72. The molecule has 1 amide bonds. The van der Waals surface area contributed by atoms with E-state index in [9.17, 15) is 24.8 Å². The van der Waals surface area contributed by atoms with Crippen LogP contribution >= 0.6 is 0 Å². The van der Waals surface area contributed by atoms with E-state index >= 15 is 0 Å². The molecule has 8 nitrogen and oxygen atoms in total. The summed E-state index contributed by atoms with van der Waals surface area (Å²) < 4.78 is 5.16. The minimum atomic E-state index is -1.05. The van der Waals surface area contributed by atoms with E-state index in [4.69, 9.17) is 4.74 Å². The first-order valence-corrected chi connectivity index (χ1v) is 9.67. The van der Waals surface area contributed by atoms with E-state index in [-0.39, 0.29) is 17.0 Å². The highest BCUT2D eigenvalue weighted by Crippen LogP contribution is 2.43. The van der Waals surface area contributed by atoms with Crippen molar-refractivity contribution in [2.45, 2.75) is 6.04 Å². The van der Waals surface area contributed by atoms with Gasteiger partial charge in [0.15, 0.2) is 0 Å². The molecule has 0 unspecified atom stereocenters. The Hall–Kier alpha value is -4.46. The first-order chi connectivity index (χ1) is 15.4. The zero-order valence-corrected chi connectivity index (χ0v) is 17.0. The van der Waals surface area contributed by atoms with Gasteiger partial charge in [-0.15, -0.1) is 0 Å². The maximum absolute atomic E-state index is 13.1. The number of anilines is 1. The lowest BCUT2D eigenvalue weighted by Gasteiger charge is -2.25. The molecular weight excluding hydrogens is 412 g/mol. The first kappa shape index (κ1) is 20.8. The summed E-state index contributed by atoms with van der Waals surface area (Å²) in [6.07, 6.45) is 0. The SMILES string of the molecule is COc1ccc(N2C(=O)C(=O)/C(=C(/O)c3ccccc3)[C@@H]2c2cccc([N+](=O)[O-])c2)cc1. The third kappa shape index (κ3) is 3.58. The normalized spacial score (nSPS) is 17.4. The van der Waals surface area contributed by atoms with Crippen molar-refractivity contribution in [1.82, 2.24) is 0 Å². The number of ether oxygens (including phenoxy) is 1. The number of benzene rings is 3. The van der Waals surface area contributed by atoms with E-state index in [0.29, 0.717) is 22.6 Å². The second-order valence-corrected chi connectivity index (χ2v) is 7.09. The quantitative estimate of drug-likeness (QED) is 0.213. The van der Waals surface area contributed by atoms with Gasteiger partial charge in [0.05, 0.1) is 23.6 Å². The lowest BCUT2D eigenvalue weighted by molar-refractivity contribution is -0.384. The van der Waals surface area contributed by atoms with E-state index < -0.39 is 22.7 Å². The molecular formula is C24H18N2O6. The van der Waals surface area contributed by atoms with Crippen LogP contribution in [0.5, 0.6) is 5.75 Å². The Morgan fingerprint density at radius 1 is 1.00 bits per heavy atom. The molecule has 160 valence electrons. The minimum absolute atomic E-state index is 0.141. The maximum Gasteiger partial charge on any atom is 0.300 e. The third-order valence-electron chi connectivity index (χ3n) is 5.24. The number of hydrogen-bond acceptors (Lipinski definition) is 6. The Labute approximate surface area is 183 Å². The van der Waals surface area contributed by atoms with Gasteiger partial charge in [0.2, 0.25) is 0 Å². The topological polar surface area (TPSA) is 110 Å². The molecule has 0 spiro atoms. The molecule has 0 bridgehead atoms. The molecule has 3 aromatic carbocycles. The second-order valence-electron chi connectivity index (χ2n) is 7.09. The molecule has 0 aliphatic carbocycles. The summed E-state index contributed by atoms with van der Waals surface area (Å²) >= 11 is 0. The Bertz CT molecular complexity index is 1230. The van der Waals surface area contributed by atoms with Crippen molar-refractivity contribution in [3.05, 3.63) is 106 Å². The molecule has 3 aromatic rings.